The number of nitrogens with one attached hydrogen (secondary N) is 1. The molecule has 138 valence electrons. The number of rotatable bonds is 5. The second-order valence-corrected chi connectivity index (χ2v) is 6.38. The summed E-state index contributed by atoms with van der Waals surface area (Å²) in [4.78, 5) is 23.6. The molecule has 3 aromatic rings. The minimum absolute atomic E-state index is 0.179. The molecule has 0 saturated heterocycles. The van der Waals surface area contributed by atoms with Crippen molar-refractivity contribution in [3.8, 4) is 11.5 Å². The van der Waals surface area contributed by atoms with E-state index in [1.54, 1.807) is 30.3 Å². The number of para-hydroxylation sites is 1. The van der Waals surface area contributed by atoms with Crippen molar-refractivity contribution in [2.45, 2.75) is 13.8 Å². The molecule has 0 aliphatic rings. The molecule has 0 aliphatic carbocycles. The molecule has 5 nitrogen and oxygen atoms in total. The summed E-state index contributed by atoms with van der Waals surface area (Å²) >= 11 is 6.05. The third-order valence-electron chi connectivity index (χ3n) is 3.90. The van der Waals surface area contributed by atoms with E-state index in [0.717, 1.165) is 16.3 Å². The molecule has 6 heteroatoms. The van der Waals surface area contributed by atoms with Gasteiger partial charge in [-0.3, -0.25) is 9.59 Å². The van der Waals surface area contributed by atoms with Gasteiger partial charge < -0.3 is 14.8 Å². The molecule has 0 aliphatic heterocycles. The highest BCUT2D eigenvalue weighted by molar-refractivity contribution is 6.33. The first kappa shape index (κ1) is 18.7. The lowest BCUT2D eigenvalue weighted by molar-refractivity contribution is -0.131. The minimum atomic E-state index is -0.393. The number of halogens is 1. The SMILES string of the molecule is CC(=O)Oc1c(C)cc(OCC(=O)Nc2ccccc2Cl)c2ccccc12. The van der Waals surface area contributed by atoms with Gasteiger partial charge in [-0.15, -0.1) is 0 Å². The number of benzene rings is 3. The Morgan fingerprint density at radius 3 is 2.41 bits per heavy atom. The van der Waals surface area contributed by atoms with Crippen LogP contribution in [-0.2, 0) is 9.59 Å². The van der Waals surface area contributed by atoms with Crippen molar-refractivity contribution < 1.29 is 19.1 Å². The predicted molar refractivity (Wildman–Crippen MR) is 106 cm³/mol. The van der Waals surface area contributed by atoms with Crippen molar-refractivity contribution in [3.63, 3.8) is 0 Å². The molecule has 0 heterocycles. The number of anilines is 1. The van der Waals surface area contributed by atoms with Crippen LogP contribution in [-0.4, -0.2) is 18.5 Å². The topological polar surface area (TPSA) is 64.6 Å². The summed E-state index contributed by atoms with van der Waals surface area (Å²) in [5.41, 5.74) is 1.27. The van der Waals surface area contributed by atoms with E-state index in [9.17, 15) is 9.59 Å². The maximum absolute atomic E-state index is 12.2. The van der Waals surface area contributed by atoms with Crippen LogP contribution in [0.4, 0.5) is 5.69 Å². The van der Waals surface area contributed by atoms with Crippen LogP contribution in [0.3, 0.4) is 0 Å². The first-order valence-corrected chi connectivity index (χ1v) is 8.71. The number of amides is 1. The second kappa shape index (κ2) is 8.10. The summed E-state index contributed by atoms with van der Waals surface area (Å²) in [6.45, 7) is 3.00. The Labute approximate surface area is 161 Å². The van der Waals surface area contributed by atoms with Gasteiger partial charge in [0.1, 0.15) is 11.5 Å². The van der Waals surface area contributed by atoms with E-state index in [4.69, 9.17) is 21.1 Å². The number of aryl methyl sites for hydroxylation is 1. The third-order valence-corrected chi connectivity index (χ3v) is 4.22. The number of esters is 1. The van der Waals surface area contributed by atoms with Crippen molar-refractivity contribution in [2.75, 3.05) is 11.9 Å². The first-order valence-electron chi connectivity index (χ1n) is 8.33. The summed E-state index contributed by atoms with van der Waals surface area (Å²) in [6.07, 6.45) is 0. The molecule has 1 N–H and O–H groups in total. The highest BCUT2D eigenvalue weighted by atomic mass is 35.5. The Hall–Kier alpha value is -3.05. The van der Waals surface area contributed by atoms with Crippen LogP contribution < -0.4 is 14.8 Å². The lowest BCUT2D eigenvalue weighted by Crippen LogP contribution is -2.20. The van der Waals surface area contributed by atoms with Crippen molar-refractivity contribution in [2.24, 2.45) is 0 Å². The molecular weight excluding hydrogens is 366 g/mol. The summed E-state index contributed by atoms with van der Waals surface area (Å²) < 4.78 is 11.1. The number of carbonyl (C=O) groups excluding carboxylic acids is 2. The zero-order chi connectivity index (χ0) is 19.4. The Balaban J connectivity index is 1.82. The van der Waals surface area contributed by atoms with E-state index in [1.165, 1.54) is 6.92 Å². The number of hydrogen-bond acceptors (Lipinski definition) is 4. The highest BCUT2D eigenvalue weighted by Gasteiger charge is 2.14. The van der Waals surface area contributed by atoms with Crippen LogP contribution in [0.25, 0.3) is 10.8 Å². The molecule has 3 rings (SSSR count). The van der Waals surface area contributed by atoms with Crippen LogP contribution in [0.5, 0.6) is 11.5 Å². The van der Waals surface area contributed by atoms with Gasteiger partial charge in [0, 0.05) is 17.7 Å². The lowest BCUT2D eigenvalue weighted by Gasteiger charge is -2.15. The number of fused-ring (bicyclic) bond motifs is 1. The van der Waals surface area contributed by atoms with Gasteiger partial charge in [0.2, 0.25) is 0 Å². The molecule has 0 spiro atoms. The molecule has 0 bridgehead atoms. The smallest absolute Gasteiger partial charge is 0.308 e. The fraction of sp³-hybridized carbons (Fsp3) is 0.143. The van der Waals surface area contributed by atoms with E-state index in [2.05, 4.69) is 5.32 Å². The van der Waals surface area contributed by atoms with Crippen LogP contribution in [0.15, 0.2) is 54.6 Å². The Morgan fingerprint density at radius 1 is 1.04 bits per heavy atom. The Kier molecular flexibility index (Phi) is 5.62. The van der Waals surface area contributed by atoms with E-state index < -0.39 is 5.97 Å². The molecule has 0 aromatic heterocycles. The Bertz CT molecular complexity index is 1020. The van der Waals surface area contributed by atoms with Crippen molar-refractivity contribution in [3.05, 3.63) is 65.2 Å². The molecule has 1 amide bonds. The van der Waals surface area contributed by atoms with Crippen molar-refractivity contribution >= 4 is 39.9 Å². The Morgan fingerprint density at radius 2 is 1.70 bits per heavy atom. The predicted octanol–water partition coefficient (Wildman–Crippen LogP) is 4.74. The van der Waals surface area contributed by atoms with Gasteiger partial charge in [-0.05, 0) is 30.7 Å². The molecule has 0 radical (unpaired) electrons. The summed E-state index contributed by atoms with van der Waals surface area (Å²) in [6, 6.07) is 16.1. The molecule has 0 saturated carbocycles. The third kappa shape index (κ3) is 4.38. The van der Waals surface area contributed by atoms with Gasteiger partial charge in [0.15, 0.2) is 6.61 Å². The van der Waals surface area contributed by atoms with Gasteiger partial charge in [0.05, 0.1) is 10.7 Å². The van der Waals surface area contributed by atoms with Gasteiger partial charge >= 0.3 is 5.97 Å². The molecule has 0 atom stereocenters. The van der Waals surface area contributed by atoms with Crippen LogP contribution in [0.2, 0.25) is 5.02 Å². The summed E-state index contributed by atoms with van der Waals surface area (Å²) in [5, 5.41) is 4.67. The van der Waals surface area contributed by atoms with Crippen LogP contribution >= 0.6 is 11.6 Å². The lowest BCUT2D eigenvalue weighted by atomic mass is 10.0. The second-order valence-electron chi connectivity index (χ2n) is 5.98. The van der Waals surface area contributed by atoms with Crippen molar-refractivity contribution in [1.82, 2.24) is 0 Å². The maximum atomic E-state index is 12.2. The fourth-order valence-corrected chi connectivity index (χ4v) is 2.92. The fourth-order valence-electron chi connectivity index (χ4n) is 2.74. The zero-order valence-corrected chi connectivity index (χ0v) is 15.7. The molecular formula is C21H18ClNO4. The average Bonchev–Trinajstić information content (AvgIpc) is 2.64. The van der Waals surface area contributed by atoms with Gasteiger partial charge in [-0.2, -0.15) is 0 Å². The highest BCUT2D eigenvalue weighted by Crippen LogP contribution is 2.36. The largest absolute Gasteiger partial charge is 0.483 e. The molecule has 0 unspecified atom stereocenters. The number of carbonyl (C=O) groups is 2. The van der Waals surface area contributed by atoms with Crippen LogP contribution in [0.1, 0.15) is 12.5 Å². The van der Waals surface area contributed by atoms with Gasteiger partial charge in [-0.1, -0.05) is 48.0 Å². The molecule has 27 heavy (non-hydrogen) atoms. The van der Waals surface area contributed by atoms with Crippen LogP contribution in [0, 0.1) is 6.92 Å². The standard InChI is InChI=1S/C21H18ClNO4/c1-13-11-19(15-7-3-4-8-16(15)21(13)27-14(2)24)26-12-20(25)23-18-10-6-5-9-17(18)22/h3-11H,12H2,1-2H3,(H,23,25). The van der Waals surface area contributed by atoms with Gasteiger partial charge in [-0.25, -0.2) is 0 Å². The van der Waals surface area contributed by atoms with E-state index in [0.29, 0.717) is 22.2 Å². The number of ether oxygens (including phenoxy) is 2. The average molecular weight is 384 g/mol. The monoisotopic (exact) mass is 383 g/mol. The summed E-state index contributed by atoms with van der Waals surface area (Å²) in [7, 11) is 0. The van der Waals surface area contributed by atoms with Gasteiger partial charge in [0.25, 0.3) is 5.91 Å². The quantitative estimate of drug-likeness (QED) is 0.510. The van der Waals surface area contributed by atoms with E-state index >= 15 is 0 Å². The number of hydrogen-bond donors (Lipinski definition) is 1. The zero-order valence-electron chi connectivity index (χ0n) is 14.9. The first-order chi connectivity index (χ1) is 13.0. The minimum Gasteiger partial charge on any atom is -0.483 e. The van der Waals surface area contributed by atoms with Crippen molar-refractivity contribution in [1.29, 1.82) is 0 Å². The maximum Gasteiger partial charge on any atom is 0.308 e. The van der Waals surface area contributed by atoms with E-state index in [1.807, 2.05) is 31.2 Å². The summed E-state index contributed by atoms with van der Waals surface area (Å²) in [5.74, 6) is 0.309. The normalized spacial score (nSPS) is 10.5. The molecule has 3 aromatic carbocycles. The molecule has 0 fully saturated rings. The van der Waals surface area contributed by atoms with E-state index in [-0.39, 0.29) is 12.5 Å².